The van der Waals surface area contributed by atoms with Crippen LogP contribution >= 0.6 is 11.6 Å². The molecule has 0 heterocycles. The molecule has 0 spiro atoms. The van der Waals surface area contributed by atoms with Crippen LogP contribution in [0.15, 0.2) is 36.4 Å². The third-order valence-corrected chi connectivity index (χ3v) is 4.21. The molecule has 0 aromatic heterocycles. The summed E-state index contributed by atoms with van der Waals surface area (Å²) in [5.74, 6) is 0.350. The van der Waals surface area contributed by atoms with Gasteiger partial charge < -0.3 is 10.4 Å². The van der Waals surface area contributed by atoms with Crippen molar-refractivity contribution >= 4 is 17.3 Å². The van der Waals surface area contributed by atoms with Crippen molar-refractivity contribution in [3.63, 3.8) is 0 Å². The molecule has 104 valence electrons. The van der Waals surface area contributed by atoms with E-state index in [1.807, 2.05) is 30.3 Å². The maximum absolute atomic E-state index is 9.61. The van der Waals surface area contributed by atoms with Crippen LogP contribution in [-0.2, 0) is 6.42 Å². The van der Waals surface area contributed by atoms with E-state index in [0.717, 1.165) is 30.0 Å². The predicted molar refractivity (Wildman–Crippen MR) is 83.6 cm³/mol. The maximum Gasteiger partial charge on any atom is 0.115 e. The molecule has 0 bridgehead atoms. The fraction of sp³-hybridized carbons (Fsp3) is 0.294. The number of fused-ring (bicyclic) bond motifs is 1. The second-order valence-electron chi connectivity index (χ2n) is 5.43. The molecule has 2 aromatic carbocycles. The van der Waals surface area contributed by atoms with Crippen molar-refractivity contribution in [3.05, 3.63) is 58.1 Å². The fourth-order valence-electron chi connectivity index (χ4n) is 2.89. The lowest BCUT2D eigenvalue weighted by molar-refractivity contribution is 0.472. The third-order valence-electron chi connectivity index (χ3n) is 3.97. The van der Waals surface area contributed by atoms with Gasteiger partial charge in [-0.05, 0) is 67.1 Å². The first kappa shape index (κ1) is 13.3. The Morgan fingerprint density at radius 2 is 2.05 bits per heavy atom. The van der Waals surface area contributed by atoms with Crippen LogP contribution in [0.5, 0.6) is 5.75 Å². The summed E-state index contributed by atoms with van der Waals surface area (Å²) in [6.45, 7) is 2.08. The van der Waals surface area contributed by atoms with Crippen molar-refractivity contribution in [3.8, 4) is 5.75 Å². The molecule has 0 fully saturated rings. The molecule has 0 saturated carbocycles. The van der Waals surface area contributed by atoms with E-state index < -0.39 is 0 Å². The van der Waals surface area contributed by atoms with Crippen LogP contribution in [-0.4, -0.2) is 5.11 Å². The minimum atomic E-state index is 0.288. The highest BCUT2D eigenvalue weighted by Gasteiger charge is 2.20. The van der Waals surface area contributed by atoms with Gasteiger partial charge in [-0.2, -0.15) is 0 Å². The molecule has 1 atom stereocenters. The lowest BCUT2D eigenvalue weighted by Gasteiger charge is -2.28. The highest BCUT2D eigenvalue weighted by molar-refractivity contribution is 6.30. The van der Waals surface area contributed by atoms with Gasteiger partial charge in [0.15, 0.2) is 0 Å². The van der Waals surface area contributed by atoms with Crippen molar-refractivity contribution in [2.75, 3.05) is 5.32 Å². The average Bonchev–Trinajstić information content (AvgIpc) is 2.43. The van der Waals surface area contributed by atoms with Gasteiger partial charge in [0.25, 0.3) is 0 Å². The number of anilines is 1. The molecule has 1 aliphatic carbocycles. The smallest absolute Gasteiger partial charge is 0.115 e. The number of rotatable bonds is 2. The molecule has 20 heavy (non-hydrogen) atoms. The van der Waals surface area contributed by atoms with E-state index >= 15 is 0 Å². The van der Waals surface area contributed by atoms with Gasteiger partial charge in [-0.25, -0.2) is 0 Å². The van der Waals surface area contributed by atoms with Gasteiger partial charge in [0.2, 0.25) is 0 Å². The maximum atomic E-state index is 9.61. The number of aryl methyl sites for hydroxylation is 2. The zero-order valence-corrected chi connectivity index (χ0v) is 12.2. The monoisotopic (exact) mass is 287 g/mol. The van der Waals surface area contributed by atoms with Gasteiger partial charge in [0, 0.05) is 10.7 Å². The number of hydrogen-bond acceptors (Lipinski definition) is 2. The van der Waals surface area contributed by atoms with E-state index in [0.29, 0.717) is 5.75 Å². The molecular weight excluding hydrogens is 270 g/mol. The van der Waals surface area contributed by atoms with E-state index in [2.05, 4.69) is 12.2 Å². The summed E-state index contributed by atoms with van der Waals surface area (Å²) >= 11 is 6.08. The Bertz CT molecular complexity index is 639. The standard InChI is InChI=1S/C17H18ClNO/c1-11-5-6-13(18)10-17(11)19-16-4-2-3-12-9-14(20)7-8-15(12)16/h5-10,16,19-20H,2-4H2,1H3. The lowest BCUT2D eigenvalue weighted by atomic mass is 9.87. The zero-order valence-electron chi connectivity index (χ0n) is 11.5. The van der Waals surface area contributed by atoms with E-state index in [1.54, 1.807) is 6.07 Å². The Kier molecular flexibility index (Phi) is 3.58. The Balaban J connectivity index is 1.91. The fourth-order valence-corrected chi connectivity index (χ4v) is 3.06. The van der Waals surface area contributed by atoms with Crippen molar-refractivity contribution < 1.29 is 5.11 Å². The second kappa shape index (κ2) is 5.37. The van der Waals surface area contributed by atoms with E-state index in [9.17, 15) is 5.11 Å². The minimum Gasteiger partial charge on any atom is -0.508 e. The largest absolute Gasteiger partial charge is 0.508 e. The average molecular weight is 288 g/mol. The summed E-state index contributed by atoms with van der Waals surface area (Å²) in [5.41, 5.74) is 4.81. The summed E-state index contributed by atoms with van der Waals surface area (Å²) in [6, 6.07) is 11.9. The van der Waals surface area contributed by atoms with Crippen LogP contribution < -0.4 is 5.32 Å². The van der Waals surface area contributed by atoms with Gasteiger partial charge in [-0.3, -0.25) is 0 Å². The van der Waals surface area contributed by atoms with E-state index in [-0.39, 0.29) is 6.04 Å². The quantitative estimate of drug-likeness (QED) is 0.828. The molecule has 2 aromatic rings. The van der Waals surface area contributed by atoms with E-state index in [4.69, 9.17) is 11.6 Å². The molecule has 2 nitrogen and oxygen atoms in total. The number of halogens is 1. The lowest BCUT2D eigenvalue weighted by Crippen LogP contribution is -2.17. The third kappa shape index (κ3) is 2.61. The highest BCUT2D eigenvalue weighted by atomic mass is 35.5. The van der Waals surface area contributed by atoms with Gasteiger partial charge in [0.05, 0.1) is 6.04 Å². The molecule has 1 aliphatic rings. The van der Waals surface area contributed by atoms with Gasteiger partial charge >= 0.3 is 0 Å². The van der Waals surface area contributed by atoms with Gasteiger partial charge in [0.1, 0.15) is 5.75 Å². The van der Waals surface area contributed by atoms with Crippen LogP contribution in [0.3, 0.4) is 0 Å². The summed E-state index contributed by atoms with van der Waals surface area (Å²) in [5, 5.41) is 14.0. The first-order valence-electron chi connectivity index (χ1n) is 6.98. The second-order valence-corrected chi connectivity index (χ2v) is 5.87. The topological polar surface area (TPSA) is 32.3 Å². The number of phenols is 1. The van der Waals surface area contributed by atoms with Gasteiger partial charge in [-0.15, -0.1) is 0 Å². The number of hydrogen-bond donors (Lipinski definition) is 2. The van der Waals surface area contributed by atoms with Crippen LogP contribution in [0.25, 0.3) is 0 Å². The van der Waals surface area contributed by atoms with Crippen molar-refractivity contribution in [1.29, 1.82) is 0 Å². The molecule has 0 radical (unpaired) electrons. The predicted octanol–water partition coefficient (Wildman–Crippen LogP) is 4.84. The number of phenolic OH excluding ortho intramolecular Hbond substituents is 1. The minimum absolute atomic E-state index is 0.288. The summed E-state index contributed by atoms with van der Waals surface area (Å²) in [4.78, 5) is 0. The van der Waals surface area contributed by atoms with Crippen molar-refractivity contribution in [1.82, 2.24) is 0 Å². The summed E-state index contributed by atoms with van der Waals surface area (Å²) in [6.07, 6.45) is 3.27. The zero-order chi connectivity index (χ0) is 14.1. The summed E-state index contributed by atoms with van der Waals surface area (Å²) in [7, 11) is 0. The Morgan fingerprint density at radius 1 is 1.20 bits per heavy atom. The van der Waals surface area contributed by atoms with E-state index in [1.165, 1.54) is 16.7 Å². The molecule has 3 rings (SSSR count). The normalized spacial score (nSPS) is 17.6. The van der Waals surface area contributed by atoms with Crippen LogP contribution in [0, 0.1) is 6.92 Å². The van der Waals surface area contributed by atoms with Crippen molar-refractivity contribution in [2.45, 2.75) is 32.2 Å². The number of aromatic hydroxyl groups is 1. The molecule has 0 saturated heterocycles. The van der Waals surface area contributed by atoms with Crippen LogP contribution in [0.4, 0.5) is 5.69 Å². The molecule has 0 amide bonds. The first-order chi connectivity index (χ1) is 9.63. The molecule has 0 aliphatic heterocycles. The Hall–Kier alpha value is -1.67. The van der Waals surface area contributed by atoms with Crippen LogP contribution in [0.1, 0.15) is 35.6 Å². The number of nitrogens with one attached hydrogen (secondary N) is 1. The van der Waals surface area contributed by atoms with Crippen molar-refractivity contribution in [2.24, 2.45) is 0 Å². The molecule has 2 N–H and O–H groups in total. The molecular formula is C17H18ClNO. The van der Waals surface area contributed by atoms with Crippen LogP contribution in [0.2, 0.25) is 5.02 Å². The SMILES string of the molecule is Cc1ccc(Cl)cc1NC1CCCc2cc(O)ccc21. The first-order valence-corrected chi connectivity index (χ1v) is 7.36. The van der Waals surface area contributed by atoms with Gasteiger partial charge in [-0.1, -0.05) is 23.7 Å². The molecule has 1 unspecified atom stereocenters. The highest BCUT2D eigenvalue weighted by Crippen LogP contribution is 2.35. The summed E-state index contributed by atoms with van der Waals surface area (Å²) < 4.78 is 0. The Morgan fingerprint density at radius 3 is 2.90 bits per heavy atom. The molecule has 3 heteroatoms. The number of benzene rings is 2. The Labute approximate surface area is 124 Å².